The molecule has 1 aromatic carbocycles. The summed E-state index contributed by atoms with van der Waals surface area (Å²) in [7, 11) is 1.26. The molecule has 1 N–H and O–H groups in total. The van der Waals surface area contributed by atoms with Crippen molar-refractivity contribution in [3.63, 3.8) is 0 Å². The molecule has 0 saturated heterocycles. The van der Waals surface area contributed by atoms with Crippen molar-refractivity contribution in [2.24, 2.45) is 5.16 Å². The van der Waals surface area contributed by atoms with Crippen LogP contribution in [0.5, 0.6) is 0 Å². The number of benzene rings is 1. The third-order valence-corrected chi connectivity index (χ3v) is 2.52. The highest BCUT2D eigenvalue weighted by atomic mass is 16.5. The number of methoxy groups -OCH3 is 1. The molecule has 0 aliphatic heterocycles. The second-order valence-corrected chi connectivity index (χ2v) is 3.74. The summed E-state index contributed by atoms with van der Waals surface area (Å²) in [4.78, 5) is 11.2. The Kier molecular flexibility index (Phi) is 3.92. The molecule has 98 valence electrons. The lowest BCUT2D eigenvalue weighted by Crippen LogP contribution is -2.10. The smallest absolute Gasteiger partial charge is 0.311 e. The molecule has 0 fully saturated rings. The van der Waals surface area contributed by atoms with Gasteiger partial charge in [0.15, 0.2) is 5.76 Å². The fraction of sp³-hybridized carbons (Fsp3) is 0.154. The first-order valence-corrected chi connectivity index (χ1v) is 5.55. The standard InChI is InChI=1S/C13H12N2O4/c1-18-13(16)8-11(14-17)12-7-10(15-19-12)9-5-3-2-4-6-9/h2-7,17H,8H2,1H3/b14-11-. The summed E-state index contributed by atoms with van der Waals surface area (Å²) in [5.41, 5.74) is 1.54. The van der Waals surface area contributed by atoms with E-state index in [1.807, 2.05) is 30.3 Å². The molecule has 1 heterocycles. The van der Waals surface area contributed by atoms with Crippen LogP contribution in [0.2, 0.25) is 0 Å². The Morgan fingerprint density at radius 3 is 2.79 bits per heavy atom. The monoisotopic (exact) mass is 260 g/mol. The molecule has 0 amide bonds. The van der Waals surface area contributed by atoms with E-state index < -0.39 is 5.97 Å². The Balaban J connectivity index is 2.23. The van der Waals surface area contributed by atoms with Gasteiger partial charge in [-0.25, -0.2) is 0 Å². The highest BCUT2D eigenvalue weighted by Gasteiger charge is 2.16. The molecule has 0 aliphatic rings. The van der Waals surface area contributed by atoms with Crippen LogP contribution in [0.4, 0.5) is 0 Å². The molecule has 0 saturated carbocycles. The first kappa shape index (κ1) is 12.8. The van der Waals surface area contributed by atoms with Gasteiger partial charge in [0, 0.05) is 11.6 Å². The van der Waals surface area contributed by atoms with Crippen molar-refractivity contribution < 1.29 is 19.3 Å². The zero-order chi connectivity index (χ0) is 13.7. The summed E-state index contributed by atoms with van der Waals surface area (Å²) in [6.07, 6.45) is -0.184. The zero-order valence-electron chi connectivity index (χ0n) is 10.2. The van der Waals surface area contributed by atoms with Crippen molar-refractivity contribution >= 4 is 11.7 Å². The number of rotatable bonds is 4. The Bertz CT molecular complexity index is 590. The number of hydrogen-bond acceptors (Lipinski definition) is 6. The van der Waals surface area contributed by atoms with E-state index in [9.17, 15) is 4.79 Å². The number of hydrogen-bond donors (Lipinski definition) is 1. The van der Waals surface area contributed by atoms with Crippen molar-refractivity contribution in [3.8, 4) is 11.3 Å². The molecule has 0 radical (unpaired) electrons. The van der Waals surface area contributed by atoms with Crippen molar-refractivity contribution in [1.29, 1.82) is 0 Å². The van der Waals surface area contributed by atoms with Gasteiger partial charge in [-0.05, 0) is 0 Å². The Morgan fingerprint density at radius 1 is 1.42 bits per heavy atom. The van der Waals surface area contributed by atoms with Crippen molar-refractivity contribution in [1.82, 2.24) is 5.16 Å². The second kappa shape index (κ2) is 5.81. The molecule has 0 atom stereocenters. The summed E-state index contributed by atoms with van der Waals surface area (Å²) in [5.74, 6) is -0.294. The van der Waals surface area contributed by atoms with Crippen LogP contribution in [0.25, 0.3) is 11.3 Å². The number of nitrogens with zero attached hydrogens (tertiary/aromatic N) is 2. The average Bonchev–Trinajstić information content (AvgIpc) is 2.95. The Hall–Kier alpha value is -2.63. The molecule has 1 aromatic heterocycles. The Labute approximate surface area is 109 Å². The molecular formula is C13H12N2O4. The fourth-order valence-electron chi connectivity index (χ4n) is 1.54. The van der Waals surface area contributed by atoms with Gasteiger partial charge in [-0.3, -0.25) is 4.79 Å². The van der Waals surface area contributed by atoms with E-state index in [0.717, 1.165) is 5.56 Å². The van der Waals surface area contributed by atoms with E-state index >= 15 is 0 Å². The van der Waals surface area contributed by atoms with E-state index in [4.69, 9.17) is 9.73 Å². The predicted molar refractivity (Wildman–Crippen MR) is 66.9 cm³/mol. The van der Waals surface area contributed by atoms with Crippen LogP contribution >= 0.6 is 0 Å². The van der Waals surface area contributed by atoms with E-state index in [2.05, 4.69) is 15.0 Å². The number of oxime groups is 1. The molecule has 19 heavy (non-hydrogen) atoms. The van der Waals surface area contributed by atoms with Gasteiger partial charge in [0.25, 0.3) is 0 Å². The SMILES string of the molecule is COC(=O)C/C(=N/O)c1cc(-c2ccccc2)no1. The number of carbonyl (C=O) groups excluding carboxylic acids is 1. The van der Waals surface area contributed by atoms with Crippen LogP contribution in [0, 0.1) is 0 Å². The minimum absolute atomic E-state index is 0.0709. The van der Waals surface area contributed by atoms with Gasteiger partial charge in [0.1, 0.15) is 11.4 Å². The minimum Gasteiger partial charge on any atom is -0.469 e. The lowest BCUT2D eigenvalue weighted by molar-refractivity contribution is -0.139. The number of ether oxygens (including phenoxy) is 1. The van der Waals surface area contributed by atoms with E-state index in [-0.39, 0.29) is 17.9 Å². The second-order valence-electron chi connectivity index (χ2n) is 3.74. The summed E-state index contributed by atoms with van der Waals surface area (Å²) >= 11 is 0. The summed E-state index contributed by atoms with van der Waals surface area (Å²) in [5, 5.41) is 15.8. The molecule has 2 rings (SSSR count). The maximum absolute atomic E-state index is 11.2. The zero-order valence-corrected chi connectivity index (χ0v) is 10.2. The van der Waals surface area contributed by atoms with Crippen LogP contribution < -0.4 is 0 Å². The first-order valence-electron chi connectivity index (χ1n) is 5.55. The highest BCUT2D eigenvalue weighted by Crippen LogP contribution is 2.19. The summed E-state index contributed by atoms with van der Waals surface area (Å²) < 4.78 is 9.57. The van der Waals surface area contributed by atoms with E-state index in [1.54, 1.807) is 6.07 Å². The maximum atomic E-state index is 11.2. The topological polar surface area (TPSA) is 84.9 Å². The van der Waals surface area contributed by atoms with Crippen LogP contribution in [-0.4, -0.2) is 29.2 Å². The molecule has 0 unspecified atom stereocenters. The quantitative estimate of drug-likeness (QED) is 0.393. The van der Waals surface area contributed by atoms with E-state index in [1.165, 1.54) is 7.11 Å². The van der Waals surface area contributed by atoms with Gasteiger partial charge in [-0.15, -0.1) is 0 Å². The summed E-state index contributed by atoms with van der Waals surface area (Å²) in [6, 6.07) is 11.0. The van der Waals surface area contributed by atoms with Crippen LogP contribution in [-0.2, 0) is 9.53 Å². The summed E-state index contributed by atoms with van der Waals surface area (Å²) in [6.45, 7) is 0. The van der Waals surface area contributed by atoms with Crippen molar-refractivity contribution in [2.45, 2.75) is 6.42 Å². The predicted octanol–water partition coefficient (Wildman–Crippen LogP) is 2.08. The lowest BCUT2D eigenvalue weighted by Gasteiger charge is -1.97. The number of esters is 1. The first-order chi connectivity index (χ1) is 9.24. The number of carbonyl (C=O) groups is 1. The molecule has 0 bridgehead atoms. The third kappa shape index (κ3) is 2.98. The molecule has 0 aliphatic carbocycles. The highest BCUT2D eigenvalue weighted by molar-refractivity contribution is 6.07. The van der Waals surface area contributed by atoms with Gasteiger partial charge < -0.3 is 14.5 Å². The van der Waals surface area contributed by atoms with Crippen LogP contribution in [0.3, 0.4) is 0 Å². The molecular weight excluding hydrogens is 248 g/mol. The Morgan fingerprint density at radius 2 is 2.16 bits per heavy atom. The van der Waals surface area contributed by atoms with Crippen molar-refractivity contribution in [3.05, 3.63) is 42.2 Å². The van der Waals surface area contributed by atoms with Gasteiger partial charge in [0.2, 0.25) is 0 Å². The molecule has 2 aromatic rings. The number of aromatic nitrogens is 1. The van der Waals surface area contributed by atoms with Crippen LogP contribution in [0.1, 0.15) is 12.2 Å². The van der Waals surface area contributed by atoms with Gasteiger partial charge >= 0.3 is 5.97 Å². The average molecular weight is 260 g/mol. The molecule has 6 nitrogen and oxygen atoms in total. The van der Waals surface area contributed by atoms with Gasteiger partial charge in [-0.1, -0.05) is 40.6 Å². The third-order valence-electron chi connectivity index (χ3n) is 2.52. The fourth-order valence-corrected chi connectivity index (χ4v) is 1.54. The van der Waals surface area contributed by atoms with Crippen LogP contribution in [0.15, 0.2) is 46.1 Å². The molecule has 6 heteroatoms. The molecule has 0 spiro atoms. The largest absolute Gasteiger partial charge is 0.469 e. The lowest BCUT2D eigenvalue weighted by atomic mass is 10.1. The normalized spacial score (nSPS) is 11.3. The van der Waals surface area contributed by atoms with Crippen molar-refractivity contribution in [2.75, 3.05) is 7.11 Å². The van der Waals surface area contributed by atoms with E-state index in [0.29, 0.717) is 5.69 Å². The minimum atomic E-state index is -0.523. The van der Waals surface area contributed by atoms with Gasteiger partial charge in [0.05, 0.1) is 13.5 Å². The maximum Gasteiger partial charge on any atom is 0.311 e. The van der Waals surface area contributed by atoms with Gasteiger partial charge in [-0.2, -0.15) is 0 Å².